The number of hydrogen-bond acceptors (Lipinski definition) is 3. The van der Waals surface area contributed by atoms with Gasteiger partial charge in [-0.25, -0.2) is 0 Å². The first-order valence-corrected chi connectivity index (χ1v) is 9.45. The molecule has 2 aromatic rings. The van der Waals surface area contributed by atoms with Crippen molar-refractivity contribution in [3.8, 4) is 0 Å². The molecule has 2 fully saturated rings. The van der Waals surface area contributed by atoms with Gasteiger partial charge in [-0.05, 0) is 42.6 Å². The fourth-order valence-corrected chi connectivity index (χ4v) is 7.78. The average Bonchev–Trinajstić information content (AvgIpc) is 3.18. The van der Waals surface area contributed by atoms with Crippen LogP contribution in [0.1, 0.15) is 35.6 Å². The van der Waals surface area contributed by atoms with E-state index in [1.807, 2.05) is 11.8 Å². The van der Waals surface area contributed by atoms with E-state index in [4.69, 9.17) is 0 Å². The van der Waals surface area contributed by atoms with Crippen LogP contribution in [0.25, 0.3) is 0 Å². The van der Waals surface area contributed by atoms with Crippen molar-refractivity contribution in [1.29, 1.82) is 0 Å². The van der Waals surface area contributed by atoms with Crippen LogP contribution in [0.15, 0.2) is 40.2 Å². The van der Waals surface area contributed by atoms with E-state index in [1.165, 1.54) is 41.0 Å². The Kier molecular flexibility index (Phi) is 2.68. The first-order chi connectivity index (χ1) is 10.3. The lowest BCUT2D eigenvalue weighted by Gasteiger charge is -2.40. The maximum atomic E-state index is 11.9. The number of aromatic nitrogens is 1. The van der Waals surface area contributed by atoms with Gasteiger partial charge >= 0.3 is 4.87 Å². The third-order valence-electron chi connectivity index (χ3n) is 5.62. The number of hydrogen-bond donors (Lipinski definition) is 1. The van der Waals surface area contributed by atoms with Crippen LogP contribution in [-0.2, 0) is 0 Å². The van der Waals surface area contributed by atoms with Crippen molar-refractivity contribution < 1.29 is 0 Å². The van der Waals surface area contributed by atoms with Crippen LogP contribution in [0.5, 0.6) is 0 Å². The second-order valence-electron chi connectivity index (χ2n) is 6.59. The number of H-pyrrole nitrogens is 1. The van der Waals surface area contributed by atoms with Gasteiger partial charge in [-0.1, -0.05) is 41.7 Å². The molecule has 4 heteroatoms. The van der Waals surface area contributed by atoms with Crippen molar-refractivity contribution in [2.24, 2.45) is 17.8 Å². The minimum atomic E-state index is 0.112. The molecule has 21 heavy (non-hydrogen) atoms. The predicted octanol–water partition coefficient (Wildman–Crippen LogP) is 4.09. The Morgan fingerprint density at radius 2 is 1.90 bits per heavy atom. The van der Waals surface area contributed by atoms with Crippen LogP contribution in [0, 0.1) is 17.8 Å². The standard InChI is InChI=1S/C17H17NOS2/c19-17-18-16-15(21-17)12(9-4-2-1-3-5-9)13-10-6-7-11(8-10)14(13)20-16/h1-5,10-14H,6-8H2,(H,18,19)/t10-,11+,12+,13+,14+/m1/s1. The van der Waals surface area contributed by atoms with Gasteiger partial charge in [0.25, 0.3) is 0 Å². The van der Waals surface area contributed by atoms with Gasteiger partial charge in [0.1, 0.15) is 0 Å². The lowest BCUT2D eigenvalue weighted by molar-refractivity contribution is 0.307. The molecular formula is C17H17NOS2. The van der Waals surface area contributed by atoms with E-state index < -0.39 is 0 Å². The van der Waals surface area contributed by atoms with Crippen molar-refractivity contribution in [2.45, 2.75) is 35.5 Å². The highest BCUT2D eigenvalue weighted by atomic mass is 32.2. The number of nitrogens with one attached hydrogen (secondary N) is 1. The summed E-state index contributed by atoms with van der Waals surface area (Å²) in [6.45, 7) is 0. The van der Waals surface area contributed by atoms with Crippen LogP contribution < -0.4 is 4.87 Å². The van der Waals surface area contributed by atoms with Crippen molar-refractivity contribution in [3.05, 3.63) is 50.4 Å². The summed E-state index contributed by atoms with van der Waals surface area (Å²) in [6, 6.07) is 10.8. The van der Waals surface area contributed by atoms with Crippen molar-refractivity contribution >= 4 is 23.1 Å². The zero-order chi connectivity index (χ0) is 14.0. The Bertz CT molecular complexity index is 735. The highest BCUT2D eigenvalue weighted by Crippen LogP contribution is 2.63. The smallest absolute Gasteiger partial charge is 0.305 e. The van der Waals surface area contributed by atoms with E-state index in [0.29, 0.717) is 11.2 Å². The minimum Gasteiger partial charge on any atom is -0.307 e. The summed E-state index contributed by atoms with van der Waals surface area (Å²) in [5.74, 6) is 2.90. The second-order valence-corrected chi connectivity index (χ2v) is 8.79. The van der Waals surface area contributed by atoms with E-state index >= 15 is 0 Å². The monoisotopic (exact) mass is 315 g/mol. The summed E-state index contributed by atoms with van der Waals surface area (Å²) in [4.78, 5) is 16.4. The molecule has 2 nitrogen and oxygen atoms in total. The van der Waals surface area contributed by atoms with Gasteiger partial charge in [0, 0.05) is 16.0 Å². The molecule has 0 amide bonds. The van der Waals surface area contributed by atoms with Gasteiger partial charge in [0.15, 0.2) is 0 Å². The molecule has 2 bridgehead atoms. The summed E-state index contributed by atoms with van der Waals surface area (Å²) in [5.41, 5.74) is 1.40. The van der Waals surface area contributed by atoms with E-state index in [2.05, 4.69) is 35.3 Å². The Hall–Kier alpha value is -1.00. The van der Waals surface area contributed by atoms with Crippen LogP contribution in [-0.4, -0.2) is 10.2 Å². The molecule has 3 aliphatic rings. The predicted molar refractivity (Wildman–Crippen MR) is 87.2 cm³/mol. The number of aromatic amines is 1. The molecule has 2 aliphatic carbocycles. The Morgan fingerprint density at radius 3 is 2.76 bits per heavy atom. The summed E-state index contributed by atoms with van der Waals surface area (Å²) in [6.07, 6.45) is 4.19. The molecule has 0 unspecified atom stereocenters. The molecule has 1 aromatic heterocycles. The minimum absolute atomic E-state index is 0.112. The molecule has 1 aliphatic heterocycles. The average molecular weight is 315 g/mol. The van der Waals surface area contributed by atoms with Crippen LogP contribution in [0.3, 0.4) is 0 Å². The van der Waals surface area contributed by atoms with Gasteiger partial charge in [0.2, 0.25) is 0 Å². The quantitative estimate of drug-likeness (QED) is 0.860. The lowest BCUT2D eigenvalue weighted by atomic mass is 9.75. The van der Waals surface area contributed by atoms with Crippen LogP contribution in [0.4, 0.5) is 0 Å². The van der Waals surface area contributed by atoms with E-state index in [9.17, 15) is 4.79 Å². The number of benzene rings is 1. The van der Waals surface area contributed by atoms with E-state index in [-0.39, 0.29) is 4.87 Å². The summed E-state index contributed by atoms with van der Waals surface area (Å²) in [5, 5.41) is 1.87. The lowest BCUT2D eigenvalue weighted by Crippen LogP contribution is -2.33. The molecule has 0 radical (unpaired) electrons. The maximum absolute atomic E-state index is 11.9. The fourth-order valence-electron chi connectivity index (χ4n) is 4.88. The Morgan fingerprint density at radius 1 is 1.10 bits per heavy atom. The summed E-state index contributed by atoms with van der Waals surface area (Å²) < 4.78 is 0. The molecule has 1 aromatic carbocycles. The Balaban J connectivity index is 1.70. The molecular weight excluding hydrogens is 298 g/mol. The number of thioether (sulfide) groups is 1. The van der Waals surface area contributed by atoms with Gasteiger partial charge in [0.05, 0.1) is 5.03 Å². The zero-order valence-electron chi connectivity index (χ0n) is 11.6. The van der Waals surface area contributed by atoms with Crippen molar-refractivity contribution in [1.82, 2.24) is 4.98 Å². The third kappa shape index (κ3) is 1.75. The topological polar surface area (TPSA) is 32.9 Å². The molecule has 1 N–H and O–H groups in total. The highest BCUT2D eigenvalue weighted by molar-refractivity contribution is 8.00. The maximum Gasteiger partial charge on any atom is 0.305 e. The first kappa shape index (κ1) is 12.5. The number of rotatable bonds is 1. The molecule has 0 spiro atoms. The van der Waals surface area contributed by atoms with Gasteiger partial charge in [-0.15, -0.1) is 11.8 Å². The normalized spacial score (nSPS) is 36.5. The van der Waals surface area contributed by atoms with Crippen LogP contribution in [0.2, 0.25) is 0 Å². The third-order valence-corrected chi connectivity index (χ3v) is 8.25. The SMILES string of the molecule is O=c1[nH]c2c(s1)[C@@H](c1ccccc1)[C@@H]1[C@@H]3CC[C@@H](C3)[C@@H]1S2. The zero-order valence-corrected chi connectivity index (χ0v) is 13.3. The molecule has 108 valence electrons. The van der Waals surface area contributed by atoms with Crippen molar-refractivity contribution in [3.63, 3.8) is 0 Å². The molecule has 2 saturated carbocycles. The Labute approximate surface area is 132 Å². The molecule has 2 heterocycles. The highest BCUT2D eigenvalue weighted by Gasteiger charge is 2.54. The van der Waals surface area contributed by atoms with E-state index in [1.54, 1.807) is 0 Å². The van der Waals surface area contributed by atoms with Gasteiger partial charge in [-0.3, -0.25) is 4.79 Å². The van der Waals surface area contributed by atoms with Gasteiger partial charge in [-0.2, -0.15) is 0 Å². The molecule has 5 rings (SSSR count). The van der Waals surface area contributed by atoms with E-state index in [0.717, 1.165) is 22.8 Å². The van der Waals surface area contributed by atoms with Gasteiger partial charge < -0.3 is 4.98 Å². The van der Waals surface area contributed by atoms with Crippen LogP contribution >= 0.6 is 23.1 Å². The summed E-state index contributed by atoms with van der Waals surface area (Å²) in [7, 11) is 0. The largest absolute Gasteiger partial charge is 0.307 e. The molecule has 0 saturated heterocycles. The number of fused-ring (bicyclic) bond motifs is 6. The first-order valence-electron chi connectivity index (χ1n) is 7.76. The molecule has 5 atom stereocenters. The second kappa shape index (κ2) is 4.50. The number of thiazole rings is 1. The van der Waals surface area contributed by atoms with Crippen molar-refractivity contribution in [2.75, 3.05) is 0 Å². The summed E-state index contributed by atoms with van der Waals surface area (Å²) >= 11 is 3.40. The fraction of sp³-hybridized carbons (Fsp3) is 0.471.